The topological polar surface area (TPSA) is 40.5 Å². The molecular formula is C18H25NO2. The zero-order valence-electron chi connectivity index (χ0n) is 12.8. The molecule has 1 atom stereocenters. The standard InChI is InChI=1S/C18H25NO2/c1-19(13-18(21)10-4-5-11-18)17(20)16-9-8-14-6-2-3-7-15(14)12-16/h2-3,6-7,16,21H,4-5,8-13H2,1H3. The van der Waals surface area contributed by atoms with E-state index in [9.17, 15) is 9.90 Å². The van der Waals surface area contributed by atoms with Crippen LogP contribution in [0.25, 0.3) is 0 Å². The van der Waals surface area contributed by atoms with E-state index in [0.717, 1.165) is 44.9 Å². The van der Waals surface area contributed by atoms with Gasteiger partial charge in [0.05, 0.1) is 5.60 Å². The first-order valence-electron chi connectivity index (χ1n) is 8.12. The lowest BCUT2D eigenvalue weighted by Gasteiger charge is -2.32. The van der Waals surface area contributed by atoms with Gasteiger partial charge in [-0.3, -0.25) is 4.79 Å². The summed E-state index contributed by atoms with van der Waals surface area (Å²) in [7, 11) is 1.85. The first-order valence-corrected chi connectivity index (χ1v) is 8.12. The van der Waals surface area contributed by atoms with Gasteiger partial charge in [0.25, 0.3) is 0 Å². The first kappa shape index (κ1) is 14.6. The zero-order valence-corrected chi connectivity index (χ0v) is 12.8. The van der Waals surface area contributed by atoms with E-state index in [1.165, 1.54) is 11.1 Å². The Morgan fingerprint density at radius 3 is 2.67 bits per heavy atom. The highest BCUT2D eigenvalue weighted by molar-refractivity contribution is 5.79. The second-order valence-corrected chi connectivity index (χ2v) is 6.83. The minimum absolute atomic E-state index is 0.0786. The molecule has 3 heteroatoms. The van der Waals surface area contributed by atoms with Crippen molar-refractivity contribution in [2.24, 2.45) is 5.92 Å². The molecule has 1 amide bonds. The fourth-order valence-electron chi connectivity index (χ4n) is 3.93. The molecule has 0 bridgehead atoms. The molecule has 3 rings (SSSR count). The van der Waals surface area contributed by atoms with Gasteiger partial charge in [-0.25, -0.2) is 0 Å². The van der Waals surface area contributed by atoms with Crippen molar-refractivity contribution in [3.63, 3.8) is 0 Å². The molecule has 3 nitrogen and oxygen atoms in total. The van der Waals surface area contributed by atoms with E-state index in [2.05, 4.69) is 24.3 Å². The second kappa shape index (κ2) is 5.80. The molecule has 2 aliphatic carbocycles. The van der Waals surface area contributed by atoms with E-state index in [1.54, 1.807) is 4.90 Å². The molecule has 114 valence electrons. The van der Waals surface area contributed by atoms with Gasteiger partial charge in [-0.1, -0.05) is 37.1 Å². The summed E-state index contributed by atoms with van der Waals surface area (Å²) in [5, 5.41) is 10.5. The summed E-state index contributed by atoms with van der Waals surface area (Å²) in [6.07, 6.45) is 6.59. The maximum atomic E-state index is 12.7. The van der Waals surface area contributed by atoms with Crippen molar-refractivity contribution in [3.05, 3.63) is 35.4 Å². The Morgan fingerprint density at radius 1 is 1.29 bits per heavy atom. The fraction of sp³-hybridized carbons (Fsp3) is 0.611. The quantitative estimate of drug-likeness (QED) is 0.928. The summed E-state index contributed by atoms with van der Waals surface area (Å²) in [5.74, 6) is 0.278. The Hall–Kier alpha value is -1.35. The van der Waals surface area contributed by atoms with Crippen LogP contribution in [0.1, 0.15) is 43.2 Å². The fourth-order valence-corrected chi connectivity index (χ4v) is 3.93. The lowest BCUT2D eigenvalue weighted by Crippen LogP contribution is -2.45. The van der Waals surface area contributed by atoms with E-state index < -0.39 is 5.60 Å². The van der Waals surface area contributed by atoms with Crippen molar-refractivity contribution >= 4 is 5.91 Å². The molecule has 0 heterocycles. The Kier molecular flexibility index (Phi) is 4.03. The molecule has 21 heavy (non-hydrogen) atoms. The SMILES string of the molecule is CN(CC1(O)CCCC1)C(=O)C1CCc2ccccc2C1. The van der Waals surface area contributed by atoms with Crippen molar-refractivity contribution in [2.75, 3.05) is 13.6 Å². The highest BCUT2D eigenvalue weighted by Crippen LogP contribution is 2.31. The number of benzene rings is 1. The van der Waals surface area contributed by atoms with E-state index in [0.29, 0.717) is 6.54 Å². The molecule has 0 aliphatic heterocycles. The summed E-state index contributed by atoms with van der Waals surface area (Å²) in [5.41, 5.74) is 2.06. The van der Waals surface area contributed by atoms with Gasteiger partial charge in [0.15, 0.2) is 0 Å². The minimum atomic E-state index is -0.642. The van der Waals surface area contributed by atoms with Gasteiger partial charge < -0.3 is 10.0 Å². The summed E-state index contributed by atoms with van der Waals surface area (Å²) < 4.78 is 0. The Morgan fingerprint density at radius 2 is 1.95 bits per heavy atom. The molecule has 0 radical (unpaired) electrons. The highest BCUT2D eigenvalue weighted by atomic mass is 16.3. The Balaban J connectivity index is 1.63. The number of carbonyl (C=O) groups excluding carboxylic acids is 1. The first-order chi connectivity index (χ1) is 10.1. The van der Waals surface area contributed by atoms with E-state index in [1.807, 2.05) is 7.05 Å². The number of aryl methyl sites for hydroxylation is 1. The van der Waals surface area contributed by atoms with Gasteiger partial charge in [0.1, 0.15) is 0 Å². The molecule has 0 aromatic heterocycles. The van der Waals surface area contributed by atoms with Gasteiger partial charge in [-0.2, -0.15) is 0 Å². The third-order valence-corrected chi connectivity index (χ3v) is 5.14. The van der Waals surface area contributed by atoms with Crippen LogP contribution < -0.4 is 0 Å². The lowest BCUT2D eigenvalue weighted by molar-refractivity contribution is -0.137. The predicted octanol–water partition coefficient (Wildman–Crippen LogP) is 2.56. The van der Waals surface area contributed by atoms with Gasteiger partial charge in [0.2, 0.25) is 5.91 Å². The monoisotopic (exact) mass is 287 g/mol. The van der Waals surface area contributed by atoms with Gasteiger partial charge in [-0.05, 0) is 43.2 Å². The second-order valence-electron chi connectivity index (χ2n) is 6.83. The molecule has 1 unspecified atom stereocenters. The number of aliphatic hydroxyl groups is 1. The summed E-state index contributed by atoms with van der Waals surface area (Å²) in [6.45, 7) is 0.490. The number of fused-ring (bicyclic) bond motifs is 1. The number of nitrogens with zero attached hydrogens (tertiary/aromatic N) is 1. The van der Waals surface area contributed by atoms with Gasteiger partial charge >= 0.3 is 0 Å². The van der Waals surface area contributed by atoms with Crippen molar-refractivity contribution in [1.82, 2.24) is 4.90 Å². The van der Waals surface area contributed by atoms with Crippen LogP contribution in [0.5, 0.6) is 0 Å². The van der Waals surface area contributed by atoms with Gasteiger partial charge in [0, 0.05) is 19.5 Å². The van der Waals surface area contributed by atoms with Crippen LogP contribution in [0, 0.1) is 5.92 Å². The van der Waals surface area contributed by atoms with Crippen LogP contribution in [0.15, 0.2) is 24.3 Å². The van der Waals surface area contributed by atoms with Crippen molar-refractivity contribution in [2.45, 2.75) is 50.5 Å². The molecule has 1 N–H and O–H groups in total. The van der Waals surface area contributed by atoms with Crippen molar-refractivity contribution in [1.29, 1.82) is 0 Å². The molecule has 2 aliphatic rings. The highest BCUT2D eigenvalue weighted by Gasteiger charge is 2.35. The predicted molar refractivity (Wildman–Crippen MR) is 83.0 cm³/mol. The van der Waals surface area contributed by atoms with Crippen LogP contribution in [-0.4, -0.2) is 35.1 Å². The Bertz CT molecular complexity index is 520. The third kappa shape index (κ3) is 3.13. The summed E-state index contributed by atoms with van der Waals surface area (Å²) in [4.78, 5) is 14.4. The van der Waals surface area contributed by atoms with Crippen LogP contribution in [0.4, 0.5) is 0 Å². The normalized spacial score (nSPS) is 23.6. The minimum Gasteiger partial charge on any atom is -0.388 e. The third-order valence-electron chi connectivity index (χ3n) is 5.14. The maximum absolute atomic E-state index is 12.7. The van der Waals surface area contributed by atoms with Crippen LogP contribution in [0.3, 0.4) is 0 Å². The van der Waals surface area contributed by atoms with E-state index in [4.69, 9.17) is 0 Å². The number of rotatable bonds is 3. The number of amides is 1. The largest absolute Gasteiger partial charge is 0.388 e. The van der Waals surface area contributed by atoms with Gasteiger partial charge in [-0.15, -0.1) is 0 Å². The number of hydrogen-bond donors (Lipinski definition) is 1. The number of likely N-dealkylation sites (N-methyl/N-ethyl adjacent to an activating group) is 1. The summed E-state index contributed by atoms with van der Waals surface area (Å²) >= 11 is 0. The zero-order chi connectivity index (χ0) is 14.9. The average molecular weight is 287 g/mol. The molecule has 1 saturated carbocycles. The smallest absolute Gasteiger partial charge is 0.225 e. The van der Waals surface area contributed by atoms with E-state index >= 15 is 0 Å². The molecule has 1 aromatic rings. The molecule has 1 aromatic carbocycles. The van der Waals surface area contributed by atoms with Crippen molar-refractivity contribution in [3.8, 4) is 0 Å². The summed E-state index contributed by atoms with van der Waals surface area (Å²) in [6, 6.07) is 8.43. The Labute approximate surface area is 127 Å². The molecular weight excluding hydrogens is 262 g/mol. The number of hydrogen-bond acceptors (Lipinski definition) is 2. The molecule has 0 spiro atoms. The van der Waals surface area contributed by atoms with Crippen LogP contribution in [0.2, 0.25) is 0 Å². The van der Waals surface area contributed by atoms with Crippen molar-refractivity contribution < 1.29 is 9.90 Å². The van der Waals surface area contributed by atoms with Crippen LogP contribution in [-0.2, 0) is 17.6 Å². The lowest BCUT2D eigenvalue weighted by atomic mass is 9.83. The average Bonchev–Trinajstić information content (AvgIpc) is 2.92. The maximum Gasteiger partial charge on any atom is 0.225 e. The number of carbonyl (C=O) groups is 1. The molecule has 1 fully saturated rings. The van der Waals surface area contributed by atoms with E-state index in [-0.39, 0.29) is 11.8 Å². The van der Waals surface area contributed by atoms with Crippen LogP contribution >= 0.6 is 0 Å². The molecule has 0 saturated heterocycles.